The molecule has 1 aliphatic heterocycles. The van der Waals surface area contributed by atoms with E-state index in [0.29, 0.717) is 18.8 Å². The van der Waals surface area contributed by atoms with Gasteiger partial charge >= 0.3 is 0 Å². The van der Waals surface area contributed by atoms with Crippen molar-refractivity contribution in [1.82, 2.24) is 24.8 Å². The molecule has 1 aromatic rings. The first kappa shape index (κ1) is 14.4. The van der Waals surface area contributed by atoms with E-state index in [9.17, 15) is 8.42 Å². The van der Waals surface area contributed by atoms with E-state index >= 15 is 0 Å². The van der Waals surface area contributed by atoms with Crippen LogP contribution in [-0.4, -0.2) is 48.6 Å². The van der Waals surface area contributed by atoms with Crippen molar-refractivity contribution in [2.75, 3.05) is 25.4 Å². The van der Waals surface area contributed by atoms with Crippen LogP contribution in [0.2, 0.25) is 0 Å². The first-order chi connectivity index (χ1) is 9.05. The van der Waals surface area contributed by atoms with Crippen LogP contribution in [0.3, 0.4) is 0 Å². The van der Waals surface area contributed by atoms with Gasteiger partial charge in [0.2, 0.25) is 10.0 Å². The summed E-state index contributed by atoms with van der Waals surface area (Å²) >= 11 is 0. The van der Waals surface area contributed by atoms with Gasteiger partial charge in [-0.2, -0.15) is 5.10 Å². The Bertz CT molecular complexity index is 493. The van der Waals surface area contributed by atoms with Crippen LogP contribution >= 0.6 is 0 Å². The molecule has 1 saturated heterocycles. The van der Waals surface area contributed by atoms with Crippen molar-refractivity contribution in [2.45, 2.75) is 19.3 Å². The third-order valence-electron chi connectivity index (χ3n) is 3.17. The summed E-state index contributed by atoms with van der Waals surface area (Å²) in [6.45, 7) is 2.14. The monoisotopic (exact) mass is 287 g/mol. The number of nitrogens with one attached hydrogen (secondary N) is 2. The molecule has 0 aromatic carbocycles. The van der Waals surface area contributed by atoms with Crippen LogP contribution in [0.4, 0.5) is 0 Å². The zero-order valence-electron chi connectivity index (χ0n) is 11.2. The smallest absolute Gasteiger partial charge is 0.211 e. The minimum absolute atomic E-state index is 0.204. The summed E-state index contributed by atoms with van der Waals surface area (Å²) in [6.07, 6.45) is 4.16. The fourth-order valence-electron chi connectivity index (χ4n) is 2.25. The van der Waals surface area contributed by atoms with Gasteiger partial charge in [0.25, 0.3) is 0 Å². The summed E-state index contributed by atoms with van der Waals surface area (Å²) in [5.41, 5.74) is 0. The Balaban J connectivity index is 1.74. The van der Waals surface area contributed by atoms with E-state index in [1.165, 1.54) is 0 Å². The summed E-state index contributed by atoms with van der Waals surface area (Å²) in [7, 11) is -1.41. The van der Waals surface area contributed by atoms with Crippen molar-refractivity contribution < 1.29 is 8.42 Å². The van der Waals surface area contributed by atoms with Gasteiger partial charge in [0.05, 0.1) is 5.75 Å². The maximum Gasteiger partial charge on any atom is 0.211 e. The second-order valence-electron chi connectivity index (χ2n) is 4.97. The van der Waals surface area contributed by atoms with Crippen LogP contribution < -0.4 is 10.0 Å². The van der Waals surface area contributed by atoms with E-state index in [-0.39, 0.29) is 11.7 Å². The standard InChI is InChI=1S/C11H21N5O2S/c1-16-9-13-11(15-16)4-6-14-19(17,18)8-10-3-2-5-12-7-10/h9-10,12,14H,2-8H2,1H3. The van der Waals surface area contributed by atoms with Gasteiger partial charge in [0, 0.05) is 20.0 Å². The molecule has 0 spiro atoms. The van der Waals surface area contributed by atoms with Crippen LogP contribution in [0.5, 0.6) is 0 Å². The van der Waals surface area contributed by atoms with Crippen molar-refractivity contribution in [3.8, 4) is 0 Å². The van der Waals surface area contributed by atoms with Gasteiger partial charge in [0.1, 0.15) is 6.33 Å². The summed E-state index contributed by atoms with van der Waals surface area (Å²) < 4.78 is 28.0. The van der Waals surface area contributed by atoms with E-state index in [4.69, 9.17) is 0 Å². The molecule has 2 N–H and O–H groups in total. The number of hydrogen-bond acceptors (Lipinski definition) is 5. The molecule has 8 heteroatoms. The van der Waals surface area contributed by atoms with Crippen LogP contribution in [0.1, 0.15) is 18.7 Å². The molecule has 0 aliphatic carbocycles. The molecule has 1 unspecified atom stereocenters. The molecule has 1 fully saturated rings. The van der Waals surface area contributed by atoms with Crippen molar-refractivity contribution in [2.24, 2.45) is 13.0 Å². The Kier molecular flexibility index (Phi) is 4.89. The summed E-state index contributed by atoms with van der Waals surface area (Å²) in [5.74, 6) is 1.08. The van der Waals surface area contributed by atoms with Crippen LogP contribution in [0, 0.1) is 5.92 Å². The predicted octanol–water partition coefficient (Wildman–Crippen LogP) is -0.723. The number of aromatic nitrogens is 3. The highest BCUT2D eigenvalue weighted by atomic mass is 32.2. The molecule has 7 nitrogen and oxygen atoms in total. The molecule has 108 valence electrons. The lowest BCUT2D eigenvalue weighted by atomic mass is 10.0. The van der Waals surface area contributed by atoms with Crippen molar-refractivity contribution >= 4 is 10.0 Å². The van der Waals surface area contributed by atoms with Gasteiger partial charge in [-0.05, 0) is 31.8 Å². The number of rotatable bonds is 6. The average Bonchev–Trinajstić information content (AvgIpc) is 2.75. The summed E-state index contributed by atoms with van der Waals surface area (Å²) in [5, 5.41) is 7.33. The third kappa shape index (κ3) is 4.88. The molecule has 1 aromatic heterocycles. The van der Waals surface area contributed by atoms with Crippen molar-refractivity contribution in [1.29, 1.82) is 0 Å². The summed E-state index contributed by atoms with van der Waals surface area (Å²) in [4.78, 5) is 4.06. The van der Waals surface area contributed by atoms with E-state index < -0.39 is 10.0 Å². The first-order valence-electron chi connectivity index (χ1n) is 6.58. The van der Waals surface area contributed by atoms with Crippen LogP contribution in [0.25, 0.3) is 0 Å². The second kappa shape index (κ2) is 6.44. The summed E-state index contributed by atoms with van der Waals surface area (Å²) in [6, 6.07) is 0. The molecule has 0 radical (unpaired) electrons. The quantitative estimate of drug-likeness (QED) is 0.720. The number of aryl methyl sites for hydroxylation is 1. The topological polar surface area (TPSA) is 88.9 Å². The molecule has 0 saturated carbocycles. The van der Waals surface area contributed by atoms with E-state index in [1.54, 1.807) is 18.1 Å². The molecular weight excluding hydrogens is 266 g/mol. The lowest BCUT2D eigenvalue weighted by molar-refractivity contribution is 0.403. The van der Waals surface area contributed by atoms with Gasteiger partial charge in [0.15, 0.2) is 5.82 Å². The van der Waals surface area contributed by atoms with Gasteiger partial charge < -0.3 is 5.32 Å². The van der Waals surface area contributed by atoms with Gasteiger partial charge in [-0.3, -0.25) is 4.68 Å². The number of hydrogen-bond donors (Lipinski definition) is 2. The van der Waals surface area contributed by atoms with Gasteiger partial charge in [-0.25, -0.2) is 18.1 Å². The lowest BCUT2D eigenvalue weighted by Gasteiger charge is -2.22. The highest BCUT2D eigenvalue weighted by molar-refractivity contribution is 7.89. The SMILES string of the molecule is Cn1cnc(CCNS(=O)(=O)CC2CCCNC2)n1. The number of nitrogens with zero attached hydrogens (tertiary/aromatic N) is 3. The first-order valence-corrected chi connectivity index (χ1v) is 8.23. The normalized spacial score (nSPS) is 20.6. The molecule has 2 rings (SSSR count). The Hall–Kier alpha value is -0.990. The fraction of sp³-hybridized carbons (Fsp3) is 0.818. The lowest BCUT2D eigenvalue weighted by Crippen LogP contribution is -2.38. The minimum Gasteiger partial charge on any atom is -0.316 e. The molecule has 0 amide bonds. The van der Waals surface area contributed by atoms with Gasteiger partial charge in [-0.15, -0.1) is 0 Å². The number of piperidine rings is 1. The predicted molar refractivity (Wildman–Crippen MR) is 72.1 cm³/mol. The molecular formula is C11H21N5O2S. The average molecular weight is 287 g/mol. The molecule has 2 heterocycles. The van der Waals surface area contributed by atoms with Crippen molar-refractivity contribution in [3.05, 3.63) is 12.2 Å². The highest BCUT2D eigenvalue weighted by Crippen LogP contribution is 2.11. The number of sulfonamides is 1. The fourth-order valence-corrected chi connectivity index (χ4v) is 3.69. The molecule has 0 bridgehead atoms. The van der Waals surface area contributed by atoms with Crippen LogP contribution in [-0.2, 0) is 23.5 Å². The maximum atomic E-state index is 11.9. The Morgan fingerprint density at radius 2 is 2.42 bits per heavy atom. The minimum atomic E-state index is -3.20. The molecule has 1 atom stereocenters. The zero-order chi connectivity index (χ0) is 13.7. The second-order valence-corrected chi connectivity index (χ2v) is 6.82. The highest BCUT2D eigenvalue weighted by Gasteiger charge is 2.20. The zero-order valence-corrected chi connectivity index (χ0v) is 12.0. The van der Waals surface area contributed by atoms with E-state index in [2.05, 4.69) is 20.1 Å². The van der Waals surface area contributed by atoms with Gasteiger partial charge in [-0.1, -0.05) is 0 Å². The Labute approximate surface area is 113 Å². The molecule has 1 aliphatic rings. The van der Waals surface area contributed by atoms with Crippen molar-refractivity contribution in [3.63, 3.8) is 0 Å². The van der Waals surface area contributed by atoms with E-state index in [1.807, 2.05) is 0 Å². The largest absolute Gasteiger partial charge is 0.316 e. The van der Waals surface area contributed by atoms with E-state index in [0.717, 1.165) is 25.9 Å². The van der Waals surface area contributed by atoms with Crippen LogP contribution in [0.15, 0.2) is 6.33 Å². The Morgan fingerprint density at radius 1 is 1.58 bits per heavy atom. The molecule has 19 heavy (non-hydrogen) atoms. The maximum absolute atomic E-state index is 11.9. The third-order valence-corrected chi connectivity index (χ3v) is 4.73. The Morgan fingerprint density at radius 3 is 3.05 bits per heavy atom.